The molecule has 0 saturated carbocycles. The van der Waals surface area contributed by atoms with E-state index >= 15 is 0 Å². The maximum atomic E-state index is 14.9. The summed E-state index contributed by atoms with van der Waals surface area (Å²) in [6.45, 7) is 21.8. The van der Waals surface area contributed by atoms with Crippen molar-refractivity contribution in [2.75, 3.05) is 56.0 Å². The number of piperidine rings is 1. The van der Waals surface area contributed by atoms with Crippen molar-refractivity contribution in [3.8, 4) is 17.2 Å². The molecule has 1 spiro atoms. The van der Waals surface area contributed by atoms with E-state index in [2.05, 4.69) is 29.0 Å². The molecule has 0 radical (unpaired) electrons. The number of rotatable bonds is 7. The van der Waals surface area contributed by atoms with Crippen molar-refractivity contribution in [2.45, 2.75) is 131 Å². The number of aliphatic hydroxyl groups excluding tert-OH is 2. The second-order valence-electron chi connectivity index (χ2n) is 22.6. The van der Waals surface area contributed by atoms with E-state index in [1.807, 2.05) is 6.92 Å². The van der Waals surface area contributed by atoms with Crippen molar-refractivity contribution in [1.82, 2.24) is 9.80 Å². The number of phenols is 2. The summed E-state index contributed by atoms with van der Waals surface area (Å²) in [5.74, 6) is -8.79. The van der Waals surface area contributed by atoms with Crippen LogP contribution in [-0.2, 0) is 23.9 Å². The number of fused-ring (bicyclic) bond motifs is 13. The van der Waals surface area contributed by atoms with Gasteiger partial charge in [0, 0.05) is 106 Å². The van der Waals surface area contributed by atoms with Gasteiger partial charge in [-0.1, -0.05) is 66.7 Å². The lowest BCUT2D eigenvalue weighted by Crippen LogP contribution is -2.47. The first-order valence-electron chi connectivity index (χ1n) is 27.3. The lowest BCUT2D eigenvalue weighted by Gasteiger charge is -2.37. The van der Waals surface area contributed by atoms with E-state index < -0.39 is 82.8 Å². The van der Waals surface area contributed by atoms with Gasteiger partial charge in [0.2, 0.25) is 5.91 Å². The Balaban J connectivity index is 1.13. The quantitative estimate of drug-likeness (QED) is 0.0914. The zero-order chi connectivity index (χ0) is 55.8. The number of amides is 2. The third-order valence-corrected chi connectivity index (χ3v) is 16.4. The molecule has 18 heteroatoms. The Labute approximate surface area is 450 Å². The number of aromatic hydroxyl groups is 2. The molecular weight excluding hydrogens is 988 g/mol. The standard InChI is InChI=1S/C59H77FN6O11/c1-11-41(56(73)66-25-14-24-65(28-29-66)40-20-18-39(60)19-21-40)57(74)76-52-34(5)17-13-30-75-58(10)54(71)44-42-43(50(69)38(9)53(44)77-58)51(70)47(46-45(42)62-59(63-46)22-26-64(27-23-59)31-32(2)3)61-55(72)35(6)16-12-15-33(4)48(67)36(7)49(68)37(52)8/h12-13,15-16,18-21,30,32-34,36-37,41,48-49,52,67-70H,11,14,17,22-29,31H2,1-10H3,(H,61,72)/b15-12+,30-13+,35-16-/t33-,34+,36+,37+,41?,48-,49+,52+,58-/m0/s1. The molecule has 6 heterocycles. The van der Waals surface area contributed by atoms with Crippen molar-refractivity contribution < 1.29 is 58.2 Å². The molecular formula is C59H77FN6O11. The van der Waals surface area contributed by atoms with Gasteiger partial charge < -0.3 is 54.7 Å². The Morgan fingerprint density at radius 1 is 0.909 bits per heavy atom. The number of carbonyl (C=O) groups excluding carboxylic acids is 4. The summed E-state index contributed by atoms with van der Waals surface area (Å²) in [6, 6.07) is 6.21. The number of hydrogen-bond acceptors (Lipinski definition) is 15. The largest absolute Gasteiger partial charge is 0.507 e. The molecule has 3 aromatic carbocycles. The fourth-order valence-corrected chi connectivity index (χ4v) is 11.7. The van der Waals surface area contributed by atoms with E-state index in [1.165, 1.54) is 25.3 Å². The first kappa shape index (κ1) is 56.8. The van der Waals surface area contributed by atoms with Crippen LogP contribution in [0.1, 0.15) is 110 Å². The van der Waals surface area contributed by atoms with Crippen LogP contribution in [0.25, 0.3) is 10.8 Å². The summed E-state index contributed by atoms with van der Waals surface area (Å²) in [7, 11) is 0. The van der Waals surface area contributed by atoms with Gasteiger partial charge in [-0.3, -0.25) is 29.2 Å². The molecule has 9 rings (SSSR count). The van der Waals surface area contributed by atoms with Crippen LogP contribution < -0.4 is 25.7 Å². The fraction of sp³-hybridized carbons (Fsp3) is 0.559. The number of carbonyl (C=O) groups is 4. The smallest absolute Gasteiger partial charge is 0.318 e. The number of esters is 1. The summed E-state index contributed by atoms with van der Waals surface area (Å²) in [5, 5.41) is 51.2. The average Bonchev–Trinajstić information content (AvgIpc) is 3.93. The number of hydrogen-bond donors (Lipinski definition) is 5. The Bertz CT molecular complexity index is 2990. The summed E-state index contributed by atoms with van der Waals surface area (Å²) >= 11 is 0. The van der Waals surface area contributed by atoms with Crippen LogP contribution in [0, 0.1) is 48.2 Å². The van der Waals surface area contributed by atoms with Gasteiger partial charge in [-0.25, -0.2) is 4.39 Å². The van der Waals surface area contributed by atoms with Crippen molar-refractivity contribution in [1.29, 1.82) is 0 Å². The number of halogens is 1. The summed E-state index contributed by atoms with van der Waals surface area (Å²) < 4.78 is 32.6. The molecule has 2 amide bonds. The number of phenolic OH excluding ortho intramolecular Hbond substituents is 2. The Morgan fingerprint density at radius 2 is 1.60 bits per heavy atom. The maximum Gasteiger partial charge on any atom is 0.318 e. The molecule has 3 aromatic rings. The summed E-state index contributed by atoms with van der Waals surface area (Å²) in [5.41, 5.74) is 0.182. The van der Waals surface area contributed by atoms with Crippen molar-refractivity contribution >= 4 is 45.7 Å². The second kappa shape index (κ2) is 22.9. The molecule has 2 saturated heterocycles. The second-order valence-corrected chi connectivity index (χ2v) is 22.6. The molecule has 5 N–H and O–H groups in total. The first-order chi connectivity index (χ1) is 36.5. The molecule has 6 aliphatic rings. The van der Waals surface area contributed by atoms with Crippen LogP contribution in [0.3, 0.4) is 0 Å². The number of likely N-dealkylation sites (tertiary alicyclic amines) is 1. The van der Waals surface area contributed by atoms with E-state index in [9.17, 15) is 44.0 Å². The number of Topliss-reactive ketones (excluding diaryl/α,β-unsaturated/α-hetero) is 1. The molecule has 0 aliphatic carbocycles. The Kier molecular flexibility index (Phi) is 16.9. The predicted octanol–water partition coefficient (Wildman–Crippen LogP) is 7.01. The van der Waals surface area contributed by atoms with Crippen molar-refractivity contribution in [2.24, 2.45) is 45.5 Å². The van der Waals surface area contributed by atoms with Crippen LogP contribution in [-0.4, -0.2) is 129 Å². The summed E-state index contributed by atoms with van der Waals surface area (Å²) in [6.07, 6.45) is 6.58. The molecule has 2 fully saturated rings. The number of allylic oxidation sites excluding steroid dienone is 3. The molecule has 77 heavy (non-hydrogen) atoms. The zero-order valence-corrected chi connectivity index (χ0v) is 46.1. The highest BCUT2D eigenvalue weighted by atomic mass is 19.1. The summed E-state index contributed by atoms with van der Waals surface area (Å²) in [4.78, 5) is 74.1. The lowest BCUT2D eigenvalue weighted by atomic mass is 9.79. The molecule has 1 unspecified atom stereocenters. The van der Waals surface area contributed by atoms with Crippen molar-refractivity contribution in [3.63, 3.8) is 0 Å². The van der Waals surface area contributed by atoms with Gasteiger partial charge in [0.25, 0.3) is 11.7 Å². The number of nitrogens with one attached hydrogen (secondary N) is 1. The maximum absolute atomic E-state index is 14.9. The van der Waals surface area contributed by atoms with Gasteiger partial charge in [0.15, 0.2) is 11.4 Å². The predicted molar refractivity (Wildman–Crippen MR) is 289 cm³/mol. The zero-order valence-electron chi connectivity index (χ0n) is 46.1. The highest BCUT2D eigenvalue weighted by molar-refractivity contribution is 6.19. The van der Waals surface area contributed by atoms with E-state index in [4.69, 9.17) is 24.2 Å². The van der Waals surface area contributed by atoms with E-state index in [0.717, 1.165) is 12.2 Å². The number of ether oxygens (including phenoxy) is 3. The van der Waals surface area contributed by atoms with Gasteiger partial charge in [-0.2, -0.15) is 0 Å². The van der Waals surface area contributed by atoms with Gasteiger partial charge >= 0.3 is 11.8 Å². The van der Waals surface area contributed by atoms with Crippen LogP contribution in [0.2, 0.25) is 0 Å². The third kappa shape index (κ3) is 11.3. The van der Waals surface area contributed by atoms with Crippen LogP contribution in [0.5, 0.6) is 17.2 Å². The highest BCUT2D eigenvalue weighted by Gasteiger charge is 2.50. The SMILES string of the molecule is CCC(C(=O)O[C@H]1[C@H](C)[C@H](O)[C@H](C)[C@@H](O)[C@@H](C)/C=C/C=C(/C)C(=O)Nc2c(O)c3c(O)c(C)c4c(c3c3c2=NC2(CCN(CC(C)C)CC2)N=3)C(=O)[C@@](C)(O/C=C/C[C@H]1C)O4)C(=O)N1CCCN(c2ccc(F)cc2)CC1. The third-order valence-electron chi connectivity index (χ3n) is 16.4. The number of ketones is 1. The number of benzene rings is 3. The van der Waals surface area contributed by atoms with Gasteiger partial charge in [-0.05, 0) is 75.3 Å². The van der Waals surface area contributed by atoms with E-state index in [-0.39, 0.29) is 79.9 Å². The molecule has 6 aliphatic heterocycles. The number of nitrogens with zero attached hydrogens (tertiary/aromatic N) is 5. The van der Waals surface area contributed by atoms with Gasteiger partial charge in [-0.15, -0.1) is 0 Å². The Morgan fingerprint density at radius 3 is 2.27 bits per heavy atom. The Hall–Kier alpha value is -6.37. The molecule has 9 atom stereocenters. The van der Waals surface area contributed by atoms with Crippen LogP contribution in [0.4, 0.5) is 15.8 Å². The highest BCUT2D eigenvalue weighted by Crippen LogP contribution is 2.50. The monoisotopic (exact) mass is 1060 g/mol. The van der Waals surface area contributed by atoms with Crippen molar-refractivity contribution in [3.05, 3.63) is 88.1 Å². The minimum atomic E-state index is -1.97. The molecule has 0 aromatic heterocycles. The normalized spacial score (nSPS) is 29.1. The molecule has 17 nitrogen and oxygen atoms in total. The number of aliphatic hydroxyl groups is 2. The van der Waals surface area contributed by atoms with Crippen LogP contribution >= 0.6 is 0 Å². The molecule has 5 bridgehead atoms. The number of anilines is 2. The molecule has 416 valence electrons. The minimum absolute atomic E-state index is 0.0264. The fourth-order valence-electron chi connectivity index (χ4n) is 11.7. The first-order valence-corrected chi connectivity index (χ1v) is 27.3. The van der Waals surface area contributed by atoms with Gasteiger partial charge in [0.1, 0.15) is 40.4 Å². The topological polar surface area (TPSA) is 223 Å². The van der Waals surface area contributed by atoms with E-state index in [1.54, 1.807) is 82.9 Å². The van der Waals surface area contributed by atoms with E-state index in [0.29, 0.717) is 64.4 Å². The van der Waals surface area contributed by atoms with Gasteiger partial charge in [0.05, 0.1) is 34.8 Å². The lowest BCUT2D eigenvalue weighted by molar-refractivity contribution is -0.168. The van der Waals surface area contributed by atoms with Crippen LogP contribution in [0.15, 0.2) is 70.4 Å². The minimum Gasteiger partial charge on any atom is -0.507 e. The average molecular weight is 1070 g/mol.